The van der Waals surface area contributed by atoms with E-state index in [0.717, 1.165) is 6.42 Å². The minimum absolute atomic E-state index is 0.00152. The zero-order valence-corrected chi connectivity index (χ0v) is 13.6. The Morgan fingerprint density at radius 1 is 1.35 bits per heavy atom. The molecule has 1 aromatic rings. The van der Waals surface area contributed by atoms with Gasteiger partial charge in [0.1, 0.15) is 5.75 Å². The van der Waals surface area contributed by atoms with Crippen molar-refractivity contribution in [2.75, 3.05) is 39.6 Å². The molecule has 1 saturated heterocycles. The quantitative estimate of drug-likeness (QED) is 0.877. The van der Waals surface area contributed by atoms with Crippen molar-refractivity contribution in [2.24, 2.45) is 0 Å². The van der Waals surface area contributed by atoms with E-state index in [1.165, 1.54) is 16.9 Å². The van der Waals surface area contributed by atoms with Gasteiger partial charge in [0.05, 0.1) is 19.2 Å². The summed E-state index contributed by atoms with van der Waals surface area (Å²) in [6.45, 7) is 0.640. The number of anilines is 1. The lowest BCUT2D eigenvalue weighted by Crippen LogP contribution is -2.34. The number of nitrogens with one attached hydrogen (secondary N) is 1. The van der Waals surface area contributed by atoms with E-state index < -0.39 is 0 Å². The van der Waals surface area contributed by atoms with Crippen LogP contribution in [-0.4, -0.2) is 61.8 Å². The van der Waals surface area contributed by atoms with Gasteiger partial charge in [0.15, 0.2) is 0 Å². The molecule has 3 amide bonds. The smallest absolute Gasteiger partial charge is 0.257 e. The number of benzene rings is 1. The van der Waals surface area contributed by atoms with E-state index in [-0.39, 0.29) is 24.3 Å². The number of nitrogens with zero attached hydrogens (tertiary/aromatic N) is 2. The summed E-state index contributed by atoms with van der Waals surface area (Å²) in [5.41, 5.74) is 0.861. The molecule has 0 aliphatic carbocycles. The van der Waals surface area contributed by atoms with Gasteiger partial charge in [-0.05, 0) is 24.6 Å². The molecule has 2 rings (SSSR count). The van der Waals surface area contributed by atoms with Crippen molar-refractivity contribution in [3.05, 3.63) is 23.8 Å². The Hall–Kier alpha value is -2.57. The first-order chi connectivity index (χ1) is 10.9. The highest BCUT2D eigenvalue weighted by molar-refractivity contribution is 6.00. The van der Waals surface area contributed by atoms with Crippen molar-refractivity contribution in [1.29, 1.82) is 0 Å². The second kappa shape index (κ2) is 7.13. The van der Waals surface area contributed by atoms with Crippen LogP contribution in [0.5, 0.6) is 5.75 Å². The highest BCUT2D eigenvalue weighted by Gasteiger charge is 2.22. The standard InChI is InChI=1S/C16H21N3O4/c1-18(2)16(22)12-9-11(6-7-13(12)23-3)17-14(20)10-19-8-4-5-15(19)21/h6-7,9H,4-5,8,10H2,1-3H3,(H,17,20). The lowest BCUT2D eigenvalue weighted by atomic mass is 10.1. The average molecular weight is 319 g/mol. The molecule has 1 heterocycles. The zero-order chi connectivity index (χ0) is 17.0. The van der Waals surface area contributed by atoms with Crippen LogP contribution in [0.15, 0.2) is 18.2 Å². The Balaban J connectivity index is 2.10. The number of ether oxygens (including phenoxy) is 1. The number of methoxy groups -OCH3 is 1. The van der Waals surface area contributed by atoms with Crippen LogP contribution in [0, 0.1) is 0 Å². The van der Waals surface area contributed by atoms with Crippen molar-refractivity contribution in [3.8, 4) is 5.75 Å². The van der Waals surface area contributed by atoms with Gasteiger partial charge in [0.2, 0.25) is 11.8 Å². The molecule has 0 bridgehead atoms. The van der Waals surface area contributed by atoms with Crippen LogP contribution in [0.3, 0.4) is 0 Å². The largest absolute Gasteiger partial charge is 0.496 e. The van der Waals surface area contributed by atoms with Crippen LogP contribution in [0.2, 0.25) is 0 Å². The van der Waals surface area contributed by atoms with Crippen molar-refractivity contribution in [3.63, 3.8) is 0 Å². The van der Waals surface area contributed by atoms with Crippen LogP contribution < -0.4 is 10.1 Å². The Kier molecular flexibility index (Phi) is 5.20. The molecule has 0 radical (unpaired) electrons. The third kappa shape index (κ3) is 4.00. The van der Waals surface area contributed by atoms with Crippen molar-refractivity contribution in [2.45, 2.75) is 12.8 Å². The summed E-state index contributed by atoms with van der Waals surface area (Å²) in [5, 5.41) is 2.72. The molecular formula is C16H21N3O4. The molecule has 23 heavy (non-hydrogen) atoms. The SMILES string of the molecule is COc1ccc(NC(=O)CN2CCCC2=O)cc1C(=O)N(C)C. The minimum atomic E-state index is -0.284. The first-order valence-electron chi connectivity index (χ1n) is 7.39. The highest BCUT2D eigenvalue weighted by atomic mass is 16.5. The maximum Gasteiger partial charge on any atom is 0.257 e. The molecule has 1 fully saturated rings. The van der Waals surface area contributed by atoms with E-state index in [2.05, 4.69) is 5.32 Å². The van der Waals surface area contributed by atoms with Crippen LogP contribution in [0.25, 0.3) is 0 Å². The Labute approximate surface area is 135 Å². The number of rotatable bonds is 5. The van der Waals surface area contributed by atoms with Gasteiger partial charge in [-0.25, -0.2) is 0 Å². The molecule has 7 heteroatoms. The molecule has 0 spiro atoms. The first-order valence-corrected chi connectivity index (χ1v) is 7.39. The van der Waals surface area contributed by atoms with E-state index in [1.807, 2.05) is 0 Å². The van der Waals surface area contributed by atoms with Gasteiger partial charge >= 0.3 is 0 Å². The normalized spacial score (nSPS) is 13.9. The number of likely N-dealkylation sites (tertiary alicyclic amines) is 1. The number of carbonyl (C=O) groups is 3. The van der Waals surface area contributed by atoms with Gasteiger partial charge in [0.25, 0.3) is 5.91 Å². The van der Waals surface area contributed by atoms with Gasteiger partial charge in [-0.1, -0.05) is 0 Å². The fourth-order valence-electron chi connectivity index (χ4n) is 2.44. The zero-order valence-electron chi connectivity index (χ0n) is 13.6. The van der Waals surface area contributed by atoms with Gasteiger partial charge in [-0.2, -0.15) is 0 Å². The number of hydrogen-bond acceptors (Lipinski definition) is 4. The summed E-state index contributed by atoms with van der Waals surface area (Å²) < 4.78 is 5.19. The summed E-state index contributed by atoms with van der Waals surface area (Å²) in [7, 11) is 4.77. The molecule has 7 nitrogen and oxygen atoms in total. The van der Waals surface area contributed by atoms with Gasteiger partial charge in [-0.3, -0.25) is 14.4 Å². The monoisotopic (exact) mass is 319 g/mol. The molecule has 0 unspecified atom stereocenters. The van der Waals surface area contributed by atoms with E-state index >= 15 is 0 Å². The minimum Gasteiger partial charge on any atom is -0.496 e. The molecule has 1 aliphatic rings. The van der Waals surface area contributed by atoms with Crippen LogP contribution in [0.4, 0.5) is 5.69 Å². The van der Waals surface area contributed by atoms with E-state index in [4.69, 9.17) is 4.74 Å². The van der Waals surface area contributed by atoms with Crippen LogP contribution in [-0.2, 0) is 9.59 Å². The summed E-state index contributed by atoms with van der Waals surface area (Å²) in [6, 6.07) is 4.87. The molecule has 0 saturated carbocycles. The average Bonchev–Trinajstić information content (AvgIpc) is 2.91. The summed E-state index contributed by atoms with van der Waals surface area (Å²) in [4.78, 5) is 38.7. The molecular weight excluding hydrogens is 298 g/mol. The third-order valence-electron chi connectivity index (χ3n) is 3.63. The highest BCUT2D eigenvalue weighted by Crippen LogP contribution is 2.23. The maximum atomic E-state index is 12.2. The summed E-state index contributed by atoms with van der Waals surface area (Å²) in [5.74, 6) is -0.0592. The van der Waals surface area contributed by atoms with Crippen molar-refractivity contribution >= 4 is 23.4 Å². The molecule has 1 aromatic carbocycles. The molecule has 0 aromatic heterocycles. The van der Waals surface area contributed by atoms with E-state index in [0.29, 0.717) is 30.0 Å². The van der Waals surface area contributed by atoms with Crippen molar-refractivity contribution < 1.29 is 19.1 Å². The lowest BCUT2D eigenvalue weighted by Gasteiger charge is -2.17. The lowest BCUT2D eigenvalue weighted by molar-refractivity contribution is -0.131. The fraction of sp³-hybridized carbons (Fsp3) is 0.438. The predicted octanol–water partition coefficient (Wildman–Crippen LogP) is 0.958. The number of amides is 3. The fourth-order valence-corrected chi connectivity index (χ4v) is 2.44. The Morgan fingerprint density at radius 2 is 2.09 bits per heavy atom. The molecule has 0 atom stereocenters. The van der Waals surface area contributed by atoms with Gasteiger partial charge < -0.3 is 19.9 Å². The predicted molar refractivity (Wildman–Crippen MR) is 85.5 cm³/mol. The van der Waals surface area contributed by atoms with Crippen LogP contribution >= 0.6 is 0 Å². The Morgan fingerprint density at radius 3 is 2.65 bits per heavy atom. The topological polar surface area (TPSA) is 79.0 Å². The second-order valence-electron chi connectivity index (χ2n) is 5.58. The van der Waals surface area contributed by atoms with Gasteiger partial charge in [-0.15, -0.1) is 0 Å². The third-order valence-corrected chi connectivity index (χ3v) is 3.63. The second-order valence-corrected chi connectivity index (χ2v) is 5.58. The number of hydrogen-bond donors (Lipinski definition) is 1. The summed E-state index contributed by atoms with van der Waals surface area (Å²) in [6.07, 6.45) is 1.29. The molecule has 1 aliphatic heterocycles. The Bertz CT molecular complexity index is 628. The molecule has 1 N–H and O–H groups in total. The van der Waals surface area contributed by atoms with E-state index in [9.17, 15) is 14.4 Å². The first kappa shape index (κ1) is 16.8. The van der Waals surface area contributed by atoms with E-state index in [1.54, 1.807) is 32.3 Å². The number of carbonyl (C=O) groups excluding carboxylic acids is 3. The van der Waals surface area contributed by atoms with Crippen LogP contribution in [0.1, 0.15) is 23.2 Å². The summed E-state index contributed by atoms with van der Waals surface area (Å²) >= 11 is 0. The van der Waals surface area contributed by atoms with Crippen molar-refractivity contribution in [1.82, 2.24) is 9.80 Å². The van der Waals surface area contributed by atoms with Gasteiger partial charge in [0, 0.05) is 32.7 Å². The maximum absolute atomic E-state index is 12.2. The molecule has 124 valence electrons.